The smallest absolute Gasteiger partial charge is 0.244 e. The van der Waals surface area contributed by atoms with Crippen LogP contribution in [-0.4, -0.2) is 5.91 Å². The van der Waals surface area contributed by atoms with Crippen LogP contribution in [-0.2, 0) is 4.79 Å². The number of anilines is 1. The van der Waals surface area contributed by atoms with Gasteiger partial charge in [0.1, 0.15) is 5.41 Å². The Bertz CT molecular complexity index is 522. The zero-order chi connectivity index (χ0) is 13.9. The Morgan fingerprint density at radius 1 is 1.21 bits per heavy atom. The molecule has 0 atom stereocenters. The molecule has 1 amide bonds. The molecule has 1 aliphatic carbocycles. The Morgan fingerprint density at radius 2 is 1.89 bits per heavy atom. The summed E-state index contributed by atoms with van der Waals surface area (Å²) in [6.07, 6.45) is 4.42. The van der Waals surface area contributed by atoms with Crippen molar-refractivity contribution in [1.29, 1.82) is 5.26 Å². The van der Waals surface area contributed by atoms with Crippen LogP contribution >= 0.6 is 0 Å². The van der Waals surface area contributed by atoms with Crippen LogP contribution < -0.4 is 5.32 Å². The maximum Gasteiger partial charge on any atom is 0.244 e. The quantitative estimate of drug-likeness (QED) is 0.876. The second kappa shape index (κ2) is 5.44. The zero-order valence-corrected chi connectivity index (χ0v) is 11.6. The fourth-order valence-corrected chi connectivity index (χ4v) is 2.61. The van der Waals surface area contributed by atoms with Crippen molar-refractivity contribution < 1.29 is 4.79 Å². The first-order valence-corrected chi connectivity index (χ1v) is 6.87. The molecule has 100 valence electrons. The number of amides is 1. The molecule has 2 rings (SSSR count). The number of nitrogens with zero attached hydrogens (tertiary/aromatic N) is 1. The van der Waals surface area contributed by atoms with Gasteiger partial charge in [-0.2, -0.15) is 5.26 Å². The van der Waals surface area contributed by atoms with E-state index >= 15 is 0 Å². The standard InChI is InChI=1S/C16H20N2O/c1-12-6-7-14(10-13(12)2)18-15(19)16(11-17)8-4-3-5-9-16/h6-7,10H,3-5,8-9H2,1-2H3,(H,18,19). The minimum Gasteiger partial charge on any atom is -0.325 e. The van der Waals surface area contributed by atoms with E-state index in [4.69, 9.17) is 0 Å². The molecule has 3 heteroatoms. The van der Waals surface area contributed by atoms with Crippen molar-refractivity contribution in [3.63, 3.8) is 0 Å². The van der Waals surface area contributed by atoms with E-state index in [1.54, 1.807) is 0 Å². The van der Waals surface area contributed by atoms with Gasteiger partial charge in [-0.25, -0.2) is 0 Å². The Kier molecular flexibility index (Phi) is 3.90. The van der Waals surface area contributed by atoms with E-state index in [2.05, 4.69) is 11.4 Å². The van der Waals surface area contributed by atoms with Crippen molar-refractivity contribution in [2.75, 3.05) is 5.32 Å². The summed E-state index contributed by atoms with van der Waals surface area (Å²) in [5.41, 5.74) is 2.31. The fraction of sp³-hybridized carbons (Fsp3) is 0.500. The SMILES string of the molecule is Cc1ccc(NC(=O)C2(C#N)CCCCC2)cc1C. The average Bonchev–Trinajstić information content (AvgIpc) is 2.43. The van der Waals surface area contributed by atoms with E-state index in [1.807, 2.05) is 32.0 Å². The van der Waals surface area contributed by atoms with Crippen molar-refractivity contribution in [3.05, 3.63) is 29.3 Å². The van der Waals surface area contributed by atoms with Crippen molar-refractivity contribution in [2.45, 2.75) is 46.0 Å². The molecule has 0 unspecified atom stereocenters. The van der Waals surface area contributed by atoms with Crippen LogP contribution in [0.2, 0.25) is 0 Å². The molecule has 19 heavy (non-hydrogen) atoms. The van der Waals surface area contributed by atoms with Gasteiger partial charge in [0.05, 0.1) is 6.07 Å². The lowest BCUT2D eigenvalue weighted by Gasteiger charge is -2.29. The molecule has 0 bridgehead atoms. The van der Waals surface area contributed by atoms with Crippen molar-refractivity contribution in [2.24, 2.45) is 5.41 Å². The van der Waals surface area contributed by atoms with Crippen LogP contribution in [0.1, 0.15) is 43.2 Å². The van der Waals surface area contributed by atoms with Gasteiger partial charge in [0.25, 0.3) is 0 Å². The van der Waals surface area contributed by atoms with Crippen LogP contribution in [0.15, 0.2) is 18.2 Å². The van der Waals surface area contributed by atoms with Crippen LogP contribution in [0.5, 0.6) is 0 Å². The number of carbonyl (C=O) groups is 1. The maximum absolute atomic E-state index is 12.4. The molecule has 0 heterocycles. The highest BCUT2D eigenvalue weighted by molar-refractivity contribution is 5.97. The first kappa shape index (κ1) is 13.6. The minimum absolute atomic E-state index is 0.141. The summed E-state index contributed by atoms with van der Waals surface area (Å²) in [5.74, 6) is -0.141. The summed E-state index contributed by atoms with van der Waals surface area (Å²) < 4.78 is 0. The molecule has 0 radical (unpaired) electrons. The van der Waals surface area contributed by atoms with Crippen LogP contribution in [0.25, 0.3) is 0 Å². The third kappa shape index (κ3) is 2.78. The molecule has 1 fully saturated rings. The van der Waals surface area contributed by atoms with Gasteiger partial charge in [-0.15, -0.1) is 0 Å². The Hall–Kier alpha value is -1.82. The van der Waals surface area contributed by atoms with Gasteiger partial charge in [-0.1, -0.05) is 25.3 Å². The molecule has 0 aromatic heterocycles. The third-order valence-electron chi connectivity index (χ3n) is 4.12. The van der Waals surface area contributed by atoms with E-state index in [9.17, 15) is 10.1 Å². The monoisotopic (exact) mass is 256 g/mol. The molecule has 1 N–H and O–H groups in total. The van der Waals surface area contributed by atoms with Crippen LogP contribution in [0.3, 0.4) is 0 Å². The van der Waals surface area contributed by atoms with Crippen molar-refractivity contribution >= 4 is 11.6 Å². The number of nitriles is 1. The summed E-state index contributed by atoms with van der Waals surface area (Å²) in [6.45, 7) is 4.06. The summed E-state index contributed by atoms with van der Waals surface area (Å²) in [7, 11) is 0. The molecule has 1 aliphatic rings. The van der Waals surface area contributed by atoms with Gasteiger partial charge in [0.2, 0.25) is 5.91 Å². The van der Waals surface area contributed by atoms with E-state index in [-0.39, 0.29) is 5.91 Å². The lowest BCUT2D eigenvalue weighted by molar-refractivity contribution is -0.124. The van der Waals surface area contributed by atoms with Crippen molar-refractivity contribution in [3.8, 4) is 6.07 Å². The van der Waals surface area contributed by atoms with Crippen LogP contribution in [0, 0.1) is 30.6 Å². The number of carbonyl (C=O) groups excluding carboxylic acids is 1. The molecule has 3 nitrogen and oxygen atoms in total. The molecule has 0 aliphatic heterocycles. The summed E-state index contributed by atoms with van der Waals surface area (Å²) in [6, 6.07) is 8.10. The highest BCUT2D eigenvalue weighted by Gasteiger charge is 2.39. The Morgan fingerprint density at radius 3 is 2.47 bits per heavy atom. The number of nitrogens with one attached hydrogen (secondary N) is 1. The number of aryl methyl sites for hydroxylation is 2. The van der Waals surface area contributed by atoms with E-state index in [1.165, 1.54) is 5.56 Å². The fourth-order valence-electron chi connectivity index (χ4n) is 2.61. The number of hydrogen-bond acceptors (Lipinski definition) is 2. The molecular weight excluding hydrogens is 236 g/mol. The highest BCUT2D eigenvalue weighted by atomic mass is 16.2. The van der Waals surface area contributed by atoms with Gasteiger partial charge < -0.3 is 5.32 Å². The number of hydrogen-bond donors (Lipinski definition) is 1. The Balaban J connectivity index is 2.15. The lowest BCUT2D eigenvalue weighted by atomic mass is 9.74. The lowest BCUT2D eigenvalue weighted by Crippen LogP contribution is -2.36. The first-order valence-electron chi connectivity index (χ1n) is 6.87. The van der Waals surface area contributed by atoms with Gasteiger partial charge in [0, 0.05) is 5.69 Å². The van der Waals surface area contributed by atoms with E-state index in [0.29, 0.717) is 12.8 Å². The normalized spacial score (nSPS) is 17.5. The van der Waals surface area contributed by atoms with Gasteiger partial charge >= 0.3 is 0 Å². The molecule has 1 saturated carbocycles. The van der Waals surface area contributed by atoms with Gasteiger partial charge in [-0.05, 0) is 49.9 Å². The predicted octanol–water partition coefficient (Wildman–Crippen LogP) is 3.72. The van der Waals surface area contributed by atoms with Crippen molar-refractivity contribution in [1.82, 2.24) is 0 Å². The summed E-state index contributed by atoms with van der Waals surface area (Å²) in [5, 5.41) is 12.3. The highest BCUT2D eigenvalue weighted by Crippen LogP contribution is 2.36. The topological polar surface area (TPSA) is 52.9 Å². The number of rotatable bonds is 2. The minimum atomic E-state index is -0.822. The average molecular weight is 256 g/mol. The van der Waals surface area contributed by atoms with E-state index in [0.717, 1.165) is 30.5 Å². The summed E-state index contributed by atoms with van der Waals surface area (Å²) >= 11 is 0. The van der Waals surface area contributed by atoms with E-state index < -0.39 is 5.41 Å². The maximum atomic E-state index is 12.4. The second-order valence-electron chi connectivity index (χ2n) is 5.51. The second-order valence-corrected chi connectivity index (χ2v) is 5.51. The Labute approximate surface area is 114 Å². The summed E-state index contributed by atoms with van der Waals surface area (Å²) in [4.78, 5) is 12.4. The zero-order valence-electron chi connectivity index (χ0n) is 11.6. The first-order chi connectivity index (χ1) is 9.07. The van der Waals surface area contributed by atoms with Gasteiger partial charge in [-0.3, -0.25) is 4.79 Å². The molecule has 0 saturated heterocycles. The predicted molar refractivity (Wildman–Crippen MR) is 75.7 cm³/mol. The molecule has 1 aromatic carbocycles. The number of benzene rings is 1. The van der Waals surface area contributed by atoms with Gasteiger partial charge in [0.15, 0.2) is 0 Å². The molecule has 1 aromatic rings. The third-order valence-corrected chi connectivity index (χ3v) is 4.12. The van der Waals surface area contributed by atoms with Crippen LogP contribution in [0.4, 0.5) is 5.69 Å². The largest absolute Gasteiger partial charge is 0.325 e. The molecular formula is C16H20N2O. The molecule has 0 spiro atoms.